The maximum atomic E-state index is 3.45. The Kier molecular flexibility index (Phi) is 2.12. The molecule has 1 heteroatoms. The van der Waals surface area contributed by atoms with Gasteiger partial charge in [-0.05, 0) is 31.7 Å². The van der Waals surface area contributed by atoms with Crippen molar-refractivity contribution in [1.29, 1.82) is 0 Å². The molecule has 0 aliphatic carbocycles. The minimum atomic E-state index is 0.755. The molecular formula is C8H17N. The average molecular weight is 127 g/mol. The molecule has 0 amide bonds. The Labute approximate surface area is 57.8 Å². The van der Waals surface area contributed by atoms with E-state index >= 15 is 0 Å². The van der Waals surface area contributed by atoms with Crippen LogP contribution in [0.4, 0.5) is 0 Å². The zero-order chi connectivity index (χ0) is 6.85. The predicted octanol–water partition coefficient (Wildman–Crippen LogP) is 1.64. The third kappa shape index (κ3) is 1.45. The maximum absolute atomic E-state index is 3.45. The molecule has 1 saturated heterocycles. The Balaban J connectivity index is 2.40. The van der Waals surface area contributed by atoms with Gasteiger partial charge < -0.3 is 5.32 Å². The molecule has 0 bridgehead atoms. The second-order valence-electron chi connectivity index (χ2n) is 3.44. The summed E-state index contributed by atoms with van der Waals surface area (Å²) < 4.78 is 0. The minimum absolute atomic E-state index is 0.755. The monoisotopic (exact) mass is 127 g/mol. The van der Waals surface area contributed by atoms with Gasteiger partial charge >= 0.3 is 0 Å². The summed E-state index contributed by atoms with van der Waals surface area (Å²) in [6, 6.07) is 0.755. The molecule has 1 heterocycles. The van der Waals surface area contributed by atoms with Crippen LogP contribution in [0.5, 0.6) is 0 Å². The highest BCUT2D eigenvalue weighted by molar-refractivity contribution is 4.81. The lowest BCUT2D eigenvalue weighted by molar-refractivity contribution is 0.357. The van der Waals surface area contributed by atoms with E-state index in [1.54, 1.807) is 0 Å². The van der Waals surface area contributed by atoms with Crippen molar-refractivity contribution in [3.63, 3.8) is 0 Å². The van der Waals surface area contributed by atoms with E-state index in [1.165, 1.54) is 13.0 Å². The van der Waals surface area contributed by atoms with Crippen molar-refractivity contribution in [3.8, 4) is 0 Å². The molecular weight excluding hydrogens is 110 g/mol. The topological polar surface area (TPSA) is 12.0 Å². The van der Waals surface area contributed by atoms with Gasteiger partial charge in [-0.25, -0.2) is 0 Å². The van der Waals surface area contributed by atoms with Gasteiger partial charge in [-0.2, -0.15) is 0 Å². The summed E-state index contributed by atoms with van der Waals surface area (Å²) in [5, 5.41) is 3.45. The van der Waals surface area contributed by atoms with Crippen molar-refractivity contribution in [2.24, 2.45) is 11.8 Å². The fraction of sp³-hybridized carbons (Fsp3) is 1.00. The number of nitrogens with one attached hydrogen (secondary N) is 1. The number of hydrogen-bond donors (Lipinski definition) is 1. The molecule has 0 saturated carbocycles. The van der Waals surface area contributed by atoms with Crippen molar-refractivity contribution in [2.45, 2.75) is 33.2 Å². The first-order valence-corrected chi connectivity index (χ1v) is 3.95. The van der Waals surface area contributed by atoms with Crippen molar-refractivity contribution >= 4 is 0 Å². The molecule has 0 radical (unpaired) electrons. The summed E-state index contributed by atoms with van der Waals surface area (Å²) in [5.41, 5.74) is 0. The van der Waals surface area contributed by atoms with Gasteiger partial charge in [0.2, 0.25) is 0 Å². The molecule has 0 spiro atoms. The second kappa shape index (κ2) is 2.70. The van der Waals surface area contributed by atoms with E-state index < -0.39 is 0 Å². The molecule has 9 heavy (non-hydrogen) atoms. The van der Waals surface area contributed by atoms with Gasteiger partial charge in [0, 0.05) is 6.04 Å². The standard InChI is InChI=1S/C8H17N/c1-6(2)8-4-5-9-7(8)3/h6-9H,4-5H2,1-3H3/t7-,8+/m1/s1. The lowest BCUT2D eigenvalue weighted by atomic mass is 9.90. The maximum Gasteiger partial charge on any atom is 0.00699 e. The Morgan fingerprint density at radius 1 is 1.44 bits per heavy atom. The third-order valence-corrected chi connectivity index (χ3v) is 2.44. The normalized spacial score (nSPS) is 36.0. The molecule has 0 aromatic rings. The zero-order valence-electron chi connectivity index (χ0n) is 6.65. The van der Waals surface area contributed by atoms with E-state index in [9.17, 15) is 0 Å². The van der Waals surface area contributed by atoms with E-state index in [2.05, 4.69) is 26.1 Å². The minimum Gasteiger partial charge on any atom is -0.314 e. The van der Waals surface area contributed by atoms with Crippen LogP contribution >= 0.6 is 0 Å². The van der Waals surface area contributed by atoms with Crippen molar-refractivity contribution in [3.05, 3.63) is 0 Å². The van der Waals surface area contributed by atoms with E-state index in [0.717, 1.165) is 17.9 Å². The highest BCUT2D eigenvalue weighted by Crippen LogP contribution is 2.22. The quantitative estimate of drug-likeness (QED) is 0.564. The van der Waals surface area contributed by atoms with Crippen LogP contribution in [0.3, 0.4) is 0 Å². The Morgan fingerprint density at radius 3 is 2.33 bits per heavy atom. The van der Waals surface area contributed by atoms with Crippen LogP contribution in [0.1, 0.15) is 27.2 Å². The SMILES string of the molecule is CC(C)[C@@H]1CCN[C@@H]1C. The first-order chi connectivity index (χ1) is 4.22. The summed E-state index contributed by atoms with van der Waals surface area (Å²) in [5.74, 6) is 1.78. The van der Waals surface area contributed by atoms with Gasteiger partial charge in [0.15, 0.2) is 0 Å². The molecule has 1 nitrogen and oxygen atoms in total. The molecule has 1 aliphatic heterocycles. The third-order valence-electron chi connectivity index (χ3n) is 2.44. The summed E-state index contributed by atoms with van der Waals surface area (Å²) in [4.78, 5) is 0. The van der Waals surface area contributed by atoms with Crippen LogP contribution in [0.2, 0.25) is 0 Å². The lowest BCUT2D eigenvalue weighted by Crippen LogP contribution is -2.25. The van der Waals surface area contributed by atoms with Gasteiger partial charge in [-0.1, -0.05) is 13.8 Å². The second-order valence-corrected chi connectivity index (χ2v) is 3.44. The van der Waals surface area contributed by atoms with E-state index in [1.807, 2.05) is 0 Å². The van der Waals surface area contributed by atoms with Gasteiger partial charge in [0.1, 0.15) is 0 Å². The van der Waals surface area contributed by atoms with E-state index in [-0.39, 0.29) is 0 Å². The summed E-state index contributed by atoms with van der Waals surface area (Å²) in [6.45, 7) is 8.14. The Morgan fingerprint density at radius 2 is 2.11 bits per heavy atom. The Hall–Kier alpha value is -0.0400. The molecule has 0 aromatic carbocycles. The van der Waals surface area contributed by atoms with Crippen LogP contribution in [0, 0.1) is 11.8 Å². The van der Waals surface area contributed by atoms with Crippen LogP contribution in [0.15, 0.2) is 0 Å². The highest BCUT2D eigenvalue weighted by Gasteiger charge is 2.24. The summed E-state index contributed by atoms with van der Waals surface area (Å²) in [6.07, 6.45) is 1.37. The first-order valence-electron chi connectivity index (χ1n) is 3.95. The summed E-state index contributed by atoms with van der Waals surface area (Å²) >= 11 is 0. The number of hydrogen-bond acceptors (Lipinski definition) is 1. The van der Waals surface area contributed by atoms with Crippen molar-refractivity contribution in [1.82, 2.24) is 5.32 Å². The molecule has 2 atom stereocenters. The fourth-order valence-corrected chi connectivity index (χ4v) is 1.79. The lowest BCUT2D eigenvalue weighted by Gasteiger charge is -2.18. The first kappa shape index (κ1) is 7.07. The molecule has 0 aromatic heterocycles. The Bertz CT molecular complexity index is 88.6. The molecule has 0 unspecified atom stereocenters. The van der Waals surface area contributed by atoms with E-state index in [4.69, 9.17) is 0 Å². The fourth-order valence-electron chi connectivity index (χ4n) is 1.79. The molecule has 1 aliphatic rings. The van der Waals surface area contributed by atoms with Crippen molar-refractivity contribution < 1.29 is 0 Å². The smallest absolute Gasteiger partial charge is 0.00699 e. The van der Waals surface area contributed by atoms with Gasteiger partial charge in [-0.15, -0.1) is 0 Å². The van der Waals surface area contributed by atoms with Gasteiger partial charge in [0.25, 0.3) is 0 Å². The zero-order valence-corrected chi connectivity index (χ0v) is 6.65. The van der Waals surface area contributed by atoms with Crippen LogP contribution in [-0.2, 0) is 0 Å². The summed E-state index contributed by atoms with van der Waals surface area (Å²) in [7, 11) is 0. The largest absolute Gasteiger partial charge is 0.314 e. The van der Waals surface area contributed by atoms with Gasteiger partial charge in [0.05, 0.1) is 0 Å². The average Bonchev–Trinajstić information content (AvgIpc) is 2.13. The molecule has 1 N–H and O–H groups in total. The van der Waals surface area contributed by atoms with Crippen LogP contribution in [0.25, 0.3) is 0 Å². The highest BCUT2D eigenvalue weighted by atomic mass is 14.9. The van der Waals surface area contributed by atoms with Gasteiger partial charge in [-0.3, -0.25) is 0 Å². The predicted molar refractivity (Wildman–Crippen MR) is 40.4 cm³/mol. The molecule has 54 valence electrons. The van der Waals surface area contributed by atoms with Crippen molar-refractivity contribution in [2.75, 3.05) is 6.54 Å². The van der Waals surface area contributed by atoms with Crippen LogP contribution < -0.4 is 5.32 Å². The van der Waals surface area contributed by atoms with Crippen LogP contribution in [-0.4, -0.2) is 12.6 Å². The molecule has 1 fully saturated rings. The number of rotatable bonds is 1. The van der Waals surface area contributed by atoms with E-state index in [0.29, 0.717) is 0 Å². The molecule has 1 rings (SSSR count).